The summed E-state index contributed by atoms with van der Waals surface area (Å²) in [5.41, 5.74) is -0.410. The third kappa shape index (κ3) is 4.44. The predicted molar refractivity (Wildman–Crippen MR) is 70.7 cm³/mol. The van der Waals surface area contributed by atoms with E-state index >= 15 is 0 Å². The molecule has 0 radical (unpaired) electrons. The predicted octanol–water partition coefficient (Wildman–Crippen LogP) is 1.14. The number of aromatic carboxylic acids is 1. The molecule has 0 heterocycles. The Morgan fingerprint density at radius 3 is 2.62 bits per heavy atom. The lowest BCUT2D eigenvalue weighted by Crippen LogP contribution is -2.45. The Labute approximate surface area is 120 Å². The van der Waals surface area contributed by atoms with Crippen LogP contribution in [0.5, 0.6) is 5.75 Å². The summed E-state index contributed by atoms with van der Waals surface area (Å²) in [4.78, 5) is 33.8. The Morgan fingerprint density at radius 2 is 2.05 bits per heavy atom. The maximum Gasteiger partial charge on any atom is 0.339 e. The molecule has 0 fully saturated rings. The molecule has 1 atom stereocenters. The summed E-state index contributed by atoms with van der Waals surface area (Å²) in [6, 6.07) is 2.65. The van der Waals surface area contributed by atoms with Gasteiger partial charge in [0, 0.05) is 6.54 Å². The number of benzene rings is 1. The first-order chi connectivity index (χ1) is 9.86. The monoisotopic (exact) mass is 298 g/mol. The lowest BCUT2D eigenvalue weighted by atomic mass is 10.2. The molecule has 8 heteroatoms. The van der Waals surface area contributed by atoms with Gasteiger partial charge in [0.1, 0.15) is 5.56 Å². The average Bonchev–Trinajstić information content (AvgIpc) is 2.40. The Hall–Kier alpha value is -2.64. The van der Waals surface area contributed by atoms with Crippen LogP contribution in [0.2, 0.25) is 0 Å². The molecule has 7 nitrogen and oxygen atoms in total. The van der Waals surface area contributed by atoms with E-state index in [1.165, 1.54) is 13.0 Å². The number of amides is 3. The van der Waals surface area contributed by atoms with Crippen molar-refractivity contribution < 1.29 is 28.6 Å². The number of carboxylic acids is 1. The molecule has 0 spiro atoms. The van der Waals surface area contributed by atoms with E-state index in [0.29, 0.717) is 6.54 Å². The first-order valence-corrected chi connectivity index (χ1v) is 6.14. The molecule has 0 aliphatic carbocycles. The van der Waals surface area contributed by atoms with Gasteiger partial charge in [-0.1, -0.05) is 6.07 Å². The zero-order valence-corrected chi connectivity index (χ0v) is 11.5. The molecule has 1 aromatic carbocycles. The molecule has 3 amide bonds. The molecule has 114 valence electrons. The van der Waals surface area contributed by atoms with Crippen LogP contribution in [0.15, 0.2) is 18.2 Å². The minimum atomic E-state index is -1.39. The van der Waals surface area contributed by atoms with E-state index in [9.17, 15) is 18.8 Å². The van der Waals surface area contributed by atoms with Gasteiger partial charge in [0.05, 0.1) is 0 Å². The number of imide groups is 1. The van der Waals surface area contributed by atoms with Gasteiger partial charge < -0.3 is 15.2 Å². The van der Waals surface area contributed by atoms with E-state index in [0.717, 1.165) is 12.1 Å². The van der Waals surface area contributed by atoms with Gasteiger partial charge >= 0.3 is 12.0 Å². The summed E-state index contributed by atoms with van der Waals surface area (Å²) in [5, 5.41) is 13.3. The molecule has 0 saturated heterocycles. The normalized spacial score (nSPS) is 11.4. The van der Waals surface area contributed by atoms with Crippen molar-refractivity contribution >= 4 is 17.9 Å². The average molecular weight is 298 g/mol. The molecule has 21 heavy (non-hydrogen) atoms. The van der Waals surface area contributed by atoms with Crippen molar-refractivity contribution in [3.05, 3.63) is 29.6 Å². The van der Waals surface area contributed by atoms with Gasteiger partial charge in [-0.15, -0.1) is 0 Å². The number of carboxylic acid groups (broad SMARTS) is 1. The molecule has 0 aliphatic heterocycles. The summed E-state index contributed by atoms with van der Waals surface area (Å²) >= 11 is 0. The van der Waals surface area contributed by atoms with Crippen LogP contribution in [-0.4, -0.2) is 35.7 Å². The molecule has 3 N–H and O–H groups in total. The number of rotatable bonds is 5. The quantitative estimate of drug-likeness (QED) is 0.756. The van der Waals surface area contributed by atoms with Crippen molar-refractivity contribution in [3.63, 3.8) is 0 Å². The fourth-order valence-electron chi connectivity index (χ4n) is 1.45. The maximum absolute atomic E-state index is 13.6. The first-order valence-electron chi connectivity index (χ1n) is 6.14. The zero-order valence-electron chi connectivity index (χ0n) is 11.5. The van der Waals surface area contributed by atoms with Crippen LogP contribution in [0, 0.1) is 5.82 Å². The number of halogens is 1. The number of para-hydroxylation sites is 1. The summed E-state index contributed by atoms with van der Waals surface area (Å²) in [5.74, 6) is -3.67. The second-order valence-electron chi connectivity index (χ2n) is 4.03. The number of nitrogens with one attached hydrogen (secondary N) is 2. The van der Waals surface area contributed by atoms with Gasteiger partial charge in [-0.2, -0.15) is 0 Å². The summed E-state index contributed by atoms with van der Waals surface area (Å²) in [6.45, 7) is 3.26. The van der Waals surface area contributed by atoms with E-state index in [1.54, 1.807) is 6.92 Å². The lowest BCUT2D eigenvalue weighted by Gasteiger charge is -2.16. The number of urea groups is 1. The molecule has 1 unspecified atom stereocenters. The molecular weight excluding hydrogens is 283 g/mol. The Kier molecular flexibility index (Phi) is 5.65. The topological polar surface area (TPSA) is 105 Å². The molecule has 1 aromatic rings. The van der Waals surface area contributed by atoms with Crippen LogP contribution in [0.4, 0.5) is 9.18 Å². The fourth-order valence-corrected chi connectivity index (χ4v) is 1.45. The van der Waals surface area contributed by atoms with Crippen molar-refractivity contribution in [3.8, 4) is 5.75 Å². The number of carbonyl (C=O) groups is 3. The fraction of sp³-hybridized carbons (Fsp3) is 0.308. The summed E-state index contributed by atoms with van der Waals surface area (Å²) in [7, 11) is 0. The molecule has 0 saturated carbocycles. The first kappa shape index (κ1) is 16.4. The molecule has 0 aliphatic rings. The number of hydrogen-bond donors (Lipinski definition) is 3. The van der Waals surface area contributed by atoms with Crippen LogP contribution >= 0.6 is 0 Å². The van der Waals surface area contributed by atoms with Crippen LogP contribution in [-0.2, 0) is 4.79 Å². The van der Waals surface area contributed by atoms with Gasteiger partial charge in [0.25, 0.3) is 5.91 Å². The van der Waals surface area contributed by atoms with Crippen LogP contribution < -0.4 is 15.4 Å². The minimum Gasteiger partial charge on any atom is -0.478 e. The van der Waals surface area contributed by atoms with Crippen molar-refractivity contribution in [1.29, 1.82) is 0 Å². The van der Waals surface area contributed by atoms with E-state index in [-0.39, 0.29) is 0 Å². The van der Waals surface area contributed by atoms with E-state index in [4.69, 9.17) is 9.84 Å². The number of ether oxygens (including phenoxy) is 1. The smallest absolute Gasteiger partial charge is 0.339 e. The third-order valence-electron chi connectivity index (χ3n) is 2.44. The van der Waals surface area contributed by atoms with E-state index in [2.05, 4.69) is 5.32 Å². The van der Waals surface area contributed by atoms with Gasteiger partial charge in [0.15, 0.2) is 17.7 Å². The van der Waals surface area contributed by atoms with Gasteiger partial charge in [-0.25, -0.2) is 14.0 Å². The van der Waals surface area contributed by atoms with Crippen molar-refractivity contribution in [2.24, 2.45) is 0 Å². The zero-order chi connectivity index (χ0) is 16.0. The van der Waals surface area contributed by atoms with Crippen molar-refractivity contribution in [2.75, 3.05) is 6.54 Å². The summed E-state index contributed by atoms with van der Waals surface area (Å²) in [6.07, 6.45) is -1.25. The Bertz CT molecular complexity index is 561. The van der Waals surface area contributed by atoms with Crippen LogP contribution in [0.1, 0.15) is 24.2 Å². The number of carbonyl (C=O) groups excluding carboxylic acids is 2. The van der Waals surface area contributed by atoms with Crippen LogP contribution in [0.3, 0.4) is 0 Å². The second kappa shape index (κ2) is 7.22. The SMILES string of the molecule is CCNC(=O)NC(=O)C(C)Oc1c(F)cccc1C(=O)O. The van der Waals surface area contributed by atoms with E-state index in [1.807, 2.05) is 5.32 Å². The number of hydrogen-bond acceptors (Lipinski definition) is 4. The standard InChI is InChI=1S/C13H15FN2O5/c1-3-15-13(20)16-11(17)7(2)21-10-8(12(18)19)5-4-6-9(10)14/h4-7H,3H2,1-2H3,(H,18,19)(H2,15,16,17,20). The Balaban J connectivity index is 2.84. The maximum atomic E-state index is 13.6. The minimum absolute atomic E-state index is 0.324. The largest absolute Gasteiger partial charge is 0.478 e. The van der Waals surface area contributed by atoms with Gasteiger partial charge in [-0.3, -0.25) is 10.1 Å². The van der Waals surface area contributed by atoms with E-state index < -0.39 is 41.1 Å². The molecule has 1 rings (SSSR count). The summed E-state index contributed by atoms with van der Waals surface area (Å²) < 4.78 is 18.6. The molecule has 0 aromatic heterocycles. The molecular formula is C13H15FN2O5. The lowest BCUT2D eigenvalue weighted by molar-refractivity contribution is -0.126. The van der Waals surface area contributed by atoms with Gasteiger partial charge in [0.2, 0.25) is 0 Å². The van der Waals surface area contributed by atoms with Crippen molar-refractivity contribution in [2.45, 2.75) is 20.0 Å². The highest BCUT2D eigenvalue weighted by Gasteiger charge is 2.22. The van der Waals surface area contributed by atoms with Gasteiger partial charge in [-0.05, 0) is 26.0 Å². The van der Waals surface area contributed by atoms with Crippen LogP contribution in [0.25, 0.3) is 0 Å². The highest BCUT2D eigenvalue weighted by Crippen LogP contribution is 2.23. The van der Waals surface area contributed by atoms with Crippen molar-refractivity contribution in [1.82, 2.24) is 10.6 Å². The third-order valence-corrected chi connectivity index (χ3v) is 2.44. The Morgan fingerprint density at radius 1 is 1.38 bits per heavy atom. The second-order valence-corrected chi connectivity index (χ2v) is 4.03. The highest BCUT2D eigenvalue weighted by atomic mass is 19.1. The highest BCUT2D eigenvalue weighted by molar-refractivity contribution is 5.96. The molecule has 0 bridgehead atoms.